The van der Waals surface area contributed by atoms with E-state index in [2.05, 4.69) is 4.99 Å². The molecule has 2 aromatic carbocycles. The fourth-order valence-corrected chi connectivity index (χ4v) is 2.00. The SMILES string of the molecule is CCCCOC(=O)c1ccc(N=Cc2ccc(O)c(OC)c2)cc1. The number of rotatable bonds is 7. The van der Waals surface area contributed by atoms with Crippen molar-refractivity contribution in [2.24, 2.45) is 4.99 Å². The number of phenolic OH excluding ortho intramolecular Hbond substituents is 1. The highest BCUT2D eigenvalue weighted by molar-refractivity contribution is 5.90. The molecule has 0 atom stereocenters. The molecule has 2 aromatic rings. The number of hydrogen-bond donors (Lipinski definition) is 1. The van der Waals surface area contributed by atoms with Gasteiger partial charge in [0.15, 0.2) is 11.5 Å². The first-order valence-corrected chi connectivity index (χ1v) is 7.82. The van der Waals surface area contributed by atoms with Crippen LogP contribution in [0, 0.1) is 0 Å². The van der Waals surface area contributed by atoms with E-state index in [1.165, 1.54) is 7.11 Å². The van der Waals surface area contributed by atoms with Gasteiger partial charge < -0.3 is 14.6 Å². The summed E-state index contributed by atoms with van der Waals surface area (Å²) >= 11 is 0. The highest BCUT2D eigenvalue weighted by Gasteiger charge is 2.06. The first kappa shape index (κ1) is 17.5. The molecular weight excluding hydrogens is 306 g/mol. The molecule has 126 valence electrons. The lowest BCUT2D eigenvalue weighted by Gasteiger charge is -2.04. The first-order valence-electron chi connectivity index (χ1n) is 7.82. The van der Waals surface area contributed by atoms with E-state index in [0.29, 0.717) is 23.6 Å². The average molecular weight is 327 g/mol. The van der Waals surface area contributed by atoms with E-state index in [4.69, 9.17) is 9.47 Å². The zero-order valence-electron chi connectivity index (χ0n) is 13.9. The van der Waals surface area contributed by atoms with E-state index < -0.39 is 0 Å². The largest absolute Gasteiger partial charge is 0.504 e. The van der Waals surface area contributed by atoms with Crippen molar-refractivity contribution in [1.82, 2.24) is 0 Å². The Morgan fingerprint density at radius 1 is 1.21 bits per heavy atom. The van der Waals surface area contributed by atoms with Crippen LogP contribution in [0.25, 0.3) is 0 Å². The summed E-state index contributed by atoms with van der Waals surface area (Å²) in [4.78, 5) is 16.2. The molecule has 0 aromatic heterocycles. The van der Waals surface area contributed by atoms with Crippen LogP contribution in [0.4, 0.5) is 5.69 Å². The number of methoxy groups -OCH3 is 1. The van der Waals surface area contributed by atoms with Crippen LogP contribution in [-0.2, 0) is 4.74 Å². The minimum atomic E-state index is -0.317. The van der Waals surface area contributed by atoms with Crippen LogP contribution in [0.1, 0.15) is 35.7 Å². The average Bonchev–Trinajstić information content (AvgIpc) is 2.61. The number of aromatic hydroxyl groups is 1. The highest BCUT2D eigenvalue weighted by Crippen LogP contribution is 2.25. The van der Waals surface area contributed by atoms with Gasteiger partial charge in [-0.3, -0.25) is 4.99 Å². The number of unbranched alkanes of at least 4 members (excludes halogenated alkanes) is 1. The van der Waals surface area contributed by atoms with Gasteiger partial charge in [-0.1, -0.05) is 13.3 Å². The summed E-state index contributed by atoms with van der Waals surface area (Å²) in [5, 5.41) is 9.57. The van der Waals surface area contributed by atoms with Crippen molar-refractivity contribution < 1.29 is 19.4 Å². The van der Waals surface area contributed by atoms with Crippen molar-refractivity contribution in [3.63, 3.8) is 0 Å². The minimum absolute atomic E-state index is 0.0839. The van der Waals surface area contributed by atoms with Crippen LogP contribution in [0.5, 0.6) is 11.5 Å². The molecule has 0 aliphatic heterocycles. The predicted molar refractivity (Wildman–Crippen MR) is 93.5 cm³/mol. The second-order valence-electron chi connectivity index (χ2n) is 5.23. The zero-order chi connectivity index (χ0) is 17.4. The van der Waals surface area contributed by atoms with Gasteiger partial charge in [0.05, 0.1) is 25.0 Å². The Bertz CT molecular complexity index is 708. The molecule has 5 nitrogen and oxygen atoms in total. The standard InChI is InChI=1S/C19H21NO4/c1-3-4-11-24-19(22)15-6-8-16(9-7-15)20-13-14-5-10-17(21)18(12-14)23-2/h5-10,12-13,21H,3-4,11H2,1-2H3. The van der Waals surface area contributed by atoms with Crippen molar-refractivity contribution in [2.75, 3.05) is 13.7 Å². The summed E-state index contributed by atoms with van der Waals surface area (Å²) in [5.74, 6) is 0.159. The summed E-state index contributed by atoms with van der Waals surface area (Å²) < 4.78 is 10.2. The second-order valence-corrected chi connectivity index (χ2v) is 5.23. The summed E-state index contributed by atoms with van der Waals surface area (Å²) in [6, 6.07) is 11.9. The van der Waals surface area contributed by atoms with E-state index in [1.807, 2.05) is 6.92 Å². The molecule has 0 saturated carbocycles. The lowest BCUT2D eigenvalue weighted by molar-refractivity contribution is 0.0500. The maximum Gasteiger partial charge on any atom is 0.338 e. The van der Waals surface area contributed by atoms with Crippen molar-refractivity contribution in [3.8, 4) is 11.5 Å². The molecular formula is C19H21NO4. The van der Waals surface area contributed by atoms with Crippen LogP contribution in [-0.4, -0.2) is 31.0 Å². The van der Waals surface area contributed by atoms with Crippen LogP contribution < -0.4 is 4.74 Å². The minimum Gasteiger partial charge on any atom is -0.504 e. The molecule has 5 heteroatoms. The molecule has 0 radical (unpaired) electrons. The van der Waals surface area contributed by atoms with Gasteiger partial charge in [0.25, 0.3) is 0 Å². The van der Waals surface area contributed by atoms with Gasteiger partial charge in [0.1, 0.15) is 0 Å². The fourth-order valence-electron chi connectivity index (χ4n) is 2.00. The Hall–Kier alpha value is -2.82. The Labute approximate surface area is 141 Å². The van der Waals surface area contributed by atoms with Crippen LogP contribution in [0.2, 0.25) is 0 Å². The lowest BCUT2D eigenvalue weighted by Crippen LogP contribution is -2.05. The zero-order valence-corrected chi connectivity index (χ0v) is 13.9. The third-order valence-electron chi connectivity index (χ3n) is 3.40. The third-order valence-corrected chi connectivity index (χ3v) is 3.40. The van der Waals surface area contributed by atoms with Gasteiger partial charge in [-0.2, -0.15) is 0 Å². The second kappa shape index (κ2) is 8.72. The number of benzene rings is 2. The number of nitrogens with zero attached hydrogens (tertiary/aromatic N) is 1. The number of phenols is 1. The quantitative estimate of drug-likeness (QED) is 0.472. The normalized spacial score (nSPS) is 10.8. The van der Waals surface area contributed by atoms with Gasteiger partial charge in [-0.15, -0.1) is 0 Å². The van der Waals surface area contributed by atoms with Crippen LogP contribution in [0.3, 0.4) is 0 Å². The molecule has 0 spiro atoms. The van der Waals surface area contributed by atoms with E-state index in [1.54, 1.807) is 48.7 Å². The maximum absolute atomic E-state index is 11.8. The van der Waals surface area contributed by atoms with Crippen molar-refractivity contribution in [1.29, 1.82) is 0 Å². The molecule has 0 heterocycles. The van der Waals surface area contributed by atoms with Crippen molar-refractivity contribution in [2.45, 2.75) is 19.8 Å². The molecule has 0 bridgehead atoms. The smallest absolute Gasteiger partial charge is 0.338 e. The van der Waals surface area contributed by atoms with Gasteiger partial charge in [-0.25, -0.2) is 4.79 Å². The highest BCUT2D eigenvalue weighted by atomic mass is 16.5. The van der Waals surface area contributed by atoms with Gasteiger partial charge >= 0.3 is 5.97 Å². The molecule has 0 amide bonds. The van der Waals surface area contributed by atoms with E-state index in [-0.39, 0.29) is 11.7 Å². The number of carbonyl (C=O) groups is 1. The topological polar surface area (TPSA) is 68.1 Å². The number of hydrogen-bond acceptors (Lipinski definition) is 5. The van der Waals surface area contributed by atoms with E-state index in [9.17, 15) is 9.90 Å². The molecule has 0 aliphatic rings. The van der Waals surface area contributed by atoms with Crippen molar-refractivity contribution >= 4 is 17.9 Å². The maximum atomic E-state index is 11.8. The predicted octanol–water partition coefficient (Wildman–Crippen LogP) is 4.11. The molecule has 2 rings (SSSR count). The summed E-state index contributed by atoms with van der Waals surface area (Å²) in [6.07, 6.45) is 3.52. The number of ether oxygens (including phenoxy) is 2. The molecule has 24 heavy (non-hydrogen) atoms. The number of aliphatic imine (C=N–C) groups is 1. The fraction of sp³-hybridized carbons (Fsp3) is 0.263. The van der Waals surface area contributed by atoms with E-state index >= 15 is 0 Å². The summed E-state index contributed by atoms with van der Waals surface area (Å²) in [5.41, 5.74) is 2.02. The molecule has 0 unspecified atom stereocenters. The summed E-state index contributed by atoms with van der Waals surface area (Å²) in [7, 11) is 1.49. The Morgan fingerprint density at radius 2 is 1.96 bits per heavy atom. The third kappa shape index (κ3) is 4.84. The van der Waals surface area contributed by atoms with Gasteiger partial charge in [0.2, 0.25) is 0 Å². The number of esters is 1. The van der Waals surface area contributed by atoms with Crippen LogP contribution in [0.15, 0.2) is 47.5 Å². The molecule has 0 aliphatic carbocycles. The lowest BCUT2D eigenvalue weighted by atomic mass is 10.2. The Morgan fingerprint density at radius 3 is 2.62 bits per heavy atom. The van der Waals surface area contributed by atoms with Crippen molar-refractivity contribution in [3.05, 3.63) is 53.6 Å². The van der Waals surface area contributed by atoms with Crippen LogP contribution >= 0.6 is 0 Å². The van der Waals surface area contributed by atoms with Gasteiger partial charge in [0, 0.05) is 6.21 Å². The molecule has 0 fully saturated rings. The molecule has 1 N–H and O–H groups in total. The Balaban J connectivity index is 2.02. The van der Waals surface area contributed by atoms with Gasteiger partial charge in [-0.05, 0) is 54.4 Å². The van der Waals surface area contributed by atoms with E-state index in [0.717, 1.165) is 18.4 Å². The summed E-state index contributed by atoms with van der Waals surface area (Å²) in [6.45, 7) is 2.49. The molecule has 0 saturated heterocycles. The Kier molecular flexibility index (Phi) is 6.37. The monoisotopic (exact) mass is 327 g/mol. The first-order chi connectivity index (χ1) is 11.6. The number of carbonyl (C=O) groups excluding carboxylic acids is 1.